The molecule has 5 nitrogen and oxygen atoms in total. The number of nitrogens with zero attached hydrogens (tertiary/aromatic N) is 3. The summed E-state index contributed by atoms with van der Waals surface area (Å²) < 4.78 is 2.05. The Bertz CT molecular complexity index is 885. The van der Waals surface area contributed by atoms with Crippen molar-refractivity contribution in [1.29, 1.82) is 0 Å². The molecule has 0 bridgehead atoms. The van der Waals surface area contributed by atoms with Gasteiger partial charge >= 0.3 is 0 Å². The van der Waals surface area contributed by atoms with Crippen molar-refractivity contribution in [2.24, 2.45) is 0 Å². The Labute approximate surface area is 133 Å². The number of amides is 1. The summed E-state index contributed by atoms with van der Waals surface area (Å²) in [5, 5.41) is 13.1. The lowest BCUT2D eigenvalue weighted by Crippen LogP contribution is -2.19. The number of carbonyl (C=O) groups excluding carboxylic acids is 1. The normalized spacial score (nSPS) is 11.3. The minimum atomic E-state index is -0.0225. The first kappa shape index (κ1) is 14.8. The molecule has 3 aromatic rings. The predicted octanol–water partition coefficient (Wildman–Crippen LogP) is 2.65. The van der Waals surface area contributed by atoms with Crippen LogP contribution in [0.4, 0.5) is 0 Å². The first-order chi connectivity index (χ1) is 10.5. The van der Waals surface area contributed by atoms with E-state index in [0.717, 1.165) is 27.3 Å². The quantitative estimate of drug-likeness (QED) is 0.755. The Kier molecular flexibility index (Phi) is 3.78. The highest BCUT2D eigenvalue weighted by Gasteiger charge is 2.14. The van der Waals surface area contributed by atoms with Crippen LogP contribution in [-0.2, 0) is 4.79 Å². The maximum atomic E-state index is 11.5. The number of rotatable bonds is 3. The first-order valence-electron chi connectivity index (χ1n) is 7.10. The zero-order valence-electron chi connectivity index (χ0n) is 13.1. The maximum absolute atomic E-state index is 11.5. The minimum absolute atomic E-state index is 0.0225. The average molecular weight is 314 g/mol. The molecule has 0 radical (unpaired) electrons. The van der Waals surface area contributed by atoms with Crippen LogP contribution in [0.2, 0.25) is 0 Å². The van der Waals surface area contributed by atoms with Gasteiger partial charge in [-0.1, -0.05) is 11.8 Å². The highest BCUT2D eigenvalue weighted by atomic mass is 32.2. The molecule has 0 fully saturated rings. The van der Waals surface area contributed by atoms with Gasteiger partial charge in [0, 0.05) is 7.05 Å². The molecule has 0 aliphatic carbocycles. The number of carbonyl (C=O) groups is 1. The minimum Gasteiger partial charge on any atom is -0.358 e. The molecule has 22 heavy (non-hydrogen) atoms. The molecule has 3 rings (SSSR count). The predicted molar refractivity (Wildman–Crippen MR) is 89.5 cm³/mol. The SMILES string of the molecule is CNC(=O)CSc1nnc2c(C)cc3cc(C)c(C)cc3n12. The summed E-state index contributed by atoms with van der Waals surface area (Å²) in [6.07, 6.45) is 0. The van der Waals surface area contributed by atoms with Gasteiger partial charge in [0.25, 0.3) is 0 Å². The van der Waals surface area contributed by atoms with Crippen molar-refractivity contribution < 1.29 is 4.79 Å². The molecular formula is C16H18N4OS. The van der Waals surface area contributed by atoms with Crippen LogP contribution in [0.3, 0.4) is 0 Å². The molecule has 0 spiro atoms. The molecule has 1 amide bonds. The van der Waals surface area contributed by atoms with Gasteiger partial charge in [-0.25, -0.2) is 0 Å². The zero-order valence-corrected chi connectivity index (χ0v) is 13.9. The summed E-state index contributed by atoms with van der Waals surface area (Å²) in [6.45, 7) is 6.25. The molecule has 0 saturated heterocycles. The Morgan fingerprint density at radius 1 is 1.14 bits per heavy atom. The van der Waals surface area contributed by atoms with E-state index in [1.807, 2.05) is 11.3 Å². The van der Waals surface area contributed by atoms with Crippen molar-refractivity contribution in [3.05, 3.63) is 34.9 Å². The molecule has 2 heterocycles. The molecule has 6 heteroatoms. The molecule has 1 N–H and O–H groups in total. The number of aryl methyl sites for hydroxylation is 3. The third-order valence-electron chi connectivity index (χ3n) is 3.85. The number of fused-ring (bicyclic) bond motifs is 3. The Morgan fingerprint density at radius 3 is 2.55 bits per heavy atom. The third kappa shape index (κ3) is 2.43. The second kappa shape index (κ2) is 5.61. The highest BCUT2D eigenvalue weighted by Crippen LogP contribution is 2.27. The Hall–Kier alpha value is -2.08. The van der Waals surface area contributed by atoms with Crippen molar-refractivity contribution in [1.82, 2.24) is 19.9 Å². The molecule has 0 saturated carbocycles. The number of aromatic nitrogens is 3. The summed E-state index contributed by atoms with van der Waals surface area (Å²) in [4.78, 5) is 11.5. The molecule has 1 aromatic carbocycles. The molecule has 0 aliphatic rings. The molecular weight excluding hydrogens is 296 g/mol. The van der Waals surface area contributed by atoms with E-state index >= 15 is 0 Å². The van der Waals surface area contributed by atoms with Crippen molar-refractivity contribution in [3.8, 4) is 0 Å². The fraction of sp³-hybridized carbons (Fsp3) is 0.312. The molecule has 0 unspecified atom stereocenters. The lowest BCUT2D eigenvalue weighted by atomic mass is 10.0. The summed E-state index contributed by atoms with van der Waals surface area (Å²) in [5.74, 6) is 0.308. The zero-order chi connectivity index (χ0) is 15.9. The smallest absolute Gasteiger partial charge is 0.230 e. The van der Waals surface area contributed by atoms with Crippen LogP contribution in [0, 0.1) is 20.8 Å². The van der Waals surface area contributed by atoms with Gasteiger partial charge in [-0.15, -0.1) is 10.2 Å². The largest absolute Gasteiger partial charge is 0.358 e. The van der Waals surface area contributed by atoms with E-state index < -0.39 is 0 Å². The van der Waals surface area contributed by atoms with Crippen LogP contribution in [0.5, 0.6) is 0 Å². The van der Waals surface area contributed by atoms with Crippen LogP contribution in [0.15, 0.2) is 23.4 Å². The summed E-state index contributed by atoms with van der Waals surface area (Å²) >= 11 is 1.40. The van der Waals surface area contributed by atoms with Gasteiger partial charge in [0.2, 0.25) is 5.91 Å². The average Bonchev–Trinajstić information content (AvgIpc) is 2.92. The van der Waals surface area contributed by atoms with E-state index in [4.69, 9.17) is 0 Å². The van der Waals surface area contributed by atoms with Gasteiger partial charge in [0.1, 0.15) is 0 Å². The lowest BCUT2D eigenvalue weighted by Gasteiger charge is -2.09. The van der Waals surface area contributed by atoms with E-state index in [-0.39, 0.29) is 5.91 Å². The van der Waals surface area contributed by atoms with Crippen molar-refractivity contribution >= 4 is 34.2 Å². The van der Waals surface area contributed by atoms with E-state index in [9.17, 15) is 4.79 Å². The fourth-order valence-electron chi connectivity index (χ4n) is 2.47. The van der Waals surface area contributed by atoms with Gasteiger partial charge in [0.05, 0.1) is 11.3 Å². The molecule has 0 atom stereocenters. The topological polar surface area (TPSA) is 59.3 Å². The van der Waals surface area contributed by atoms with Gasteiger partial charge in [-0.3, -0.25) is 9.20 Å². The third-order valence-corrected chi connectivity index (χ3v) is 4.78. The van der Waals surface area contributed by atoms with Crippen LogP contribution in [0.25, 0.3) is 16.6 Å². The number of pyridine rings is 1. The van der Waals surface area contributed by atoms with Crippen molar-refractivity contribution in [2.45, 2.75) is 25.9 Å². The van der Waals surface area contributed by atoms with Crippen LogP contribution >= 0.6 is 11.8 Å². The van der Waals surface area contributed by atoms with E-state index in [2.05, 4.69) is 47.6 Å². The number of hydrogen-bond acceptors (Lipinski definition) is 4. The number of hydrogen-bond donors (Lipinski definition) is 1. The van der Waals surface area contributed by atoms with Crippen LogP contribution < -0.4 is 5.32 Å². The molecule has 0 aliphatic heterocycles. The summed E-state index contributed by atoms with van der Waals surface area (Å²) in [5.41, 5.74) is 5.49. The monoisotopic (exact) mass is 314 g/mol. The molecule has 2 aromatic heterocycles. The van der Waals surface area contributed by atoms with Crippen molar-refractivity contribution in [2.75, 3.05) is 12.8 Å². The van der Waals surface area contributed by atoms with Gasteiger partial charge in [-0.05, 0) is 61.0 Å². The maximum Gasteiger partial charge on any atom is 0.230 e. The Balaban J connectivity index is 2.22. The van der Waals surface area contributed by atoms with E-state index in [1.54, 1.807) is 7.05 Å². The van der Waals surface area contributed by atoms with Crippen LogP contribution in [0.1, 0.15) is 16.7 Å². The molecule has 114 valence electrons. The highest BCUT2D eigenvalue weighted by molar-refractivity contribution is 7.99. The van der Waals surface area contributed by atoms with Crippen molar-refractivity contribution in [3.63, 3.8) is 0 Å². The van der Waals surface area contributed by atoms with Gasteiger partial charge < -0.3 is 5.32 Å². The first-order valence-corrected chi connectivity index (χ1v) is 8.09. The van der Waals surface area contributed by atoms with Gasteiger partial charge in [0.15, 0.2) is 10.8 Å². The fourth-order valence-corrected chi connectivity index (χ4v) is 3.29. The summed E-state index contributed by atoms with van der Waals surface area (Å²) in [6, 6.07) is 6.48. The van der Waals surface area contributed by atoms with Gasteiger partial charge in [-0.2, -0.15) is 0 Å². The standard InChI is InChI=1S/C16H18N4OS/c1-9-5-12-6-11(3)15-18-19-16(22-8-14(21)17-4)20(15)13(12)7-10(9)2/h5-7H,8H2,1-4H3,(H,17,21). The Morgan fingerprint density at radius 2 is 1.82 bits per heavy atom. The van der Waals surface area contributed by atoms with Crippen LogP contribution in [-0.4, -0.2) is 33.3 Å². The number of nitrogens with one attached hydrogen (secondary N) is 1. The second-order valence-corrected chi connectivity index (χ2v) is 6.37. The van der Waals surface area contributed by atoms with E-state index in [1.165, 1.54) is 22.9 Å². The lowest BCUT2D eigenvalue weighted by molar-refractivity contribution is -0.118. The van der Waals surface area contributed by atoms with E-state index in [0.29, 0.717) is 5.75 Å². The number of benzene rings is 1. The number of thioether (sulfide) groups is 1. The second-order valence-electron chi connectivity index (χ2n) is 5.43. The summed E-state index contributed by atoms with van der Waals surface area (Å²) in [7, 11) is 1.64.